The van der Waals surface area contributed by atoms with Gasteiger partial charge in [-0.15, -0.1) is 0 Å². The molecule has 1 atom stereocenters. The lowest BCUT2D eigenvalue weighted by atomic mass is 10.1. The zero-order chi connectivity index (χ0) is 29.2. The maximum Gasteiger partial charge on any atom is 0.236 e. The smallest absolute Gasteiger partial charge is 0.236 e. The summed E-state index contributed by atoms with van der Waals surface area (Å²) in [5.74, 6) is 1.70. The minimum absolute atomic E-state index is 0.0129. The fraction of sp³-hybridized carbons (Fsp3) is 0.406. The number of aromatic nitrogens is 4. The molecule has 0 radical (unpaired) electrons. The van der Waals surface area contributed by atoms with E-state index in [0.717, 1.165) is 72.8 Å². The van der Waals surface area contributed by atoms with Gasteiger partial charge < -0.3 is 20.0 Å². The number of benzene rings is 2. The van der Waals surface area contributed by atoms with Crippen LogP contribution in [0.3, 0.4) is 0 Å². The summed E-state index contributed by atoms with van der Waals surface area (Å²) >= 11 is 0. The van der Waals surface area contributed by atoms with Gasteiger partial charge in [-0.2, -0.15) is 5.10 Å². The number of nitrogens with one attached hydrogen (secondary N) is 2. The molecule has 4 aromatic rings. The van der Waals surface area contributed by atoms with Crippen LogP contribution in [0.2, 0.25) is 0 Å². The number of likely N-dealkylation sites (tertiary alicyclic amines) is 1. The molecule has 3 fully saturated rings. The van der Waals surface area contributed by atoms with Gasteiger partial charge in [-0.3, -0.25) is 19.6 Å². The Bertz CT molecular complexity index is 1580. The van der Waals surface area contributed by atoms with Crippen molar-refractivity contribution in [1.82, 2.24) is 30.0 Å². The monoisotopic (exact) mass is 579 g/mol. The molecule has 11 nitrogen and oxygen atoms in total. The van der Waals surface area contributed by atoms with E-state index in [1.54, 1.807) is 12.4 Å². The normalized spacial score (nSPS) is 19.3. The minimum atomic E-state index is -0.132. The van der Waals surface area contributed by atoms with Crippen molar-refractivity contribution in [3.05, 3.63) is 60.9 Å². The van der Waals surface area contributed by atoms with E-state index < -0.39 is 0 Å². The number of amides is 2. The molecular formula is C32H37N9O2. The van der Waals surface area contributed by atoms with E-state index >= 15 is 0 Å². The van der Waals surface area contributed by atoms with Crippen LogP contribution in [0.1, 0.15) is 19.3 Å². The highest BCUT2D eigenvalue weighted by Gasteiger charge is 2.31. The van der Waals surface area contributed by atoms with Crippen molar-refractivity contribution >= 4 is 39.9 Å². The number of hydrogen-bond donors (Lipinski definition) is 2. The largest absolute Gasteiger partial charge is 0.368 e. The lowest BCUT2D eigenvalue weighted by Crippen LogP contribution is -2.51. The van der Waals surface area contributed by atoms with E-state index in [1.165, 1.54) is 12.8 Å². The van der Waals surface area contributed by atoms with Crippen LogP contribution in [-0.2, 0) is 9.59 Å². The highest BCUT2D eigenvalue weighted by atomic mass is 16.2. The van der Waals surface area contributed by atoms with Gasteiger partial charge in [-0.1, -0.05) is 0 Å². The quantitative estimate of drug-likeness (QED) is 0.343. The van der Waals surface area contributed by atoms with Crippen LogP contribution in [0.4, 0.5) is 17.2 Å². The highest BCUT2D eigenvalue weighted by Crippen LogP contribution is 2.30. The number of fused-ring (bicyclic) bond motifs is 1. The molecule has 0 unspecified atom stereocenters. The number of piperazine rings is 1. The molecule has 2 aromatic carbocycles. The molecule has 5 heterocycles. The van der Waals surface area contributed by atoms with Gasteiger partial charge in [0.15, 0.2) is 11.6 Å². The van der Waals surface area contributed by atoms with Crippen molar-refractivity contribution in [3.63, 3.8) is 0 Å². The summed E-state index contributed by atoms with van der Waals surface area (Å²) < 4.78 is 0. The Kier molecular flexibility index (Phi) is 7.63. The first-order chi connectivity index (χ1) is 21.1. The van der Waals surface area contributed by atoms with Crippen molar-refractivity contribution in [2.75, 3.05) is 74.0 Å². The second-order valence-corrected chi connectivity index (χ2v) is 11.7. The van der Waals surface area contributed by atoms with Gasteiger partial charge in [0.25, 0.3) is 0 Å². The summed E-state index contributed by atoms with van der Waals surface area (Å²) in [7, 11) is 0. The number of hydrogen-bond acceptors (Lipinski definition) is 8. The molecule has 0 bridgehead atoms. The Morgan fingerprint density at radius 2 is 1.65 bits per heavy atom. The van der Waals surface area contributed by atoms with Crippen LogP contribution in [0.25, 0.3) is 22.3 Å². The molecule has 0 spiro atoms. The Morgan fingerprint density at radius 1 is 0.884 bits per heavy atom. The number of aromatic amines is 1. The third-order valence-corrected chi connectivity index (χ3v) is 8.91. The van der Waals surface area contributed by atoms with E-state index in [4.69, 9.17) is 0 Å². The molecule has 0 aliphatic carbocycles. The van der Waals surface area contributed by atoms with E-state index in [0.29, 0.717) is 32.0 Å². The Morgan fingerprint density at radius 3 is 2.42 bits per heavy atom. The molecule has 3 aliphatic heterocycles. The average Bonchev–Trinajstić information content (AvgIpc) is 3.83. The first kappa shape index (κ1) is 27.3. The summed E-state index contributed by atoms with van der Waals surface area (Å²) in [4.78, 5) is 43.6. The number of rotatable bonds is 7. The van der Waals surface area contributed by atoms with Crippen LogP contribution in [0, 0.1) is 5.92 Å². The Labute approximate surface area is 250 Å². The Hall–Kier alpha value is -4.51. The fourth-order valence-corrected chi connectivity index (χ4v) is 6.46. The maximum absolute atomic E-state index is 13.2. The molecule has 2 N–H and O–H groups in total. The van der Waals surface area contributed by atoms with Crippen molar-refractivity contribution in [2.24, 2.45) is 5.92 Å². The minimum Gasteiger partial charge on any atom is -0.368 e. The van der Waals surface area contributed by atoms with Crippen molar-refractivity contribution in [1.29, 1.82) is 0 Å². The van der Waals surface area contributed by atoms with Crippen molar-refractivity contribution in [3.8, 4) is 11.4 Å². The van der Waals surface area contributed by atoms with Gasteiger partial charge in [-0.25, -0.2) is 9.97 Å². The van der Waals surface area contributed by atoms with Crippen LogP contribution >= 0.6 is 0 Å². The van der Waals surface area contributed by atoms with Crippen LogP contribution in [0.5, 0.6) is 0 Å². The summed E-state index contributed by atoms with van der Waals surface area (Å²) in [6.07, 6.45) is 6.61. The number of H-pyrrole nitrogens is 1. The standard InChI is InChI=1S/C32H37N9O2/c42-29(40-18-16-39(17-19-40)26-7-4-23(5-8-26)30-33-11-3-12-34-30)22-38-15-10-24(21-38)32(43)35-25-6-9-28-27(20-25)31(37-36-28)41-13-1-2-14-41/h3-9,11-12,20,24H,1-2,10,13-19,21-22H2,(H,35,43)(H,36,37)/t24-/m1/s1. The molecule has 3 saturated heterocycles. The maximum atomic E-state index is 13.2. The Balaban J connectivity index is 0.886. The first-order valence-corrected chi connectivity index (χ1v) is 15.3. The van der Waals surface area contributed by atoms with Crippen LogP contribution in [0.15, 0.2) is 60.9 Å². The van der Waals surface area contributed by atoms with Crippen LogP contribution in [-0.4, -0.2) is 101 Å². The molecule has 222 valence electrons. The van der Waals surface area contributed by atoms with Crippen molar-refractivity contribution in [2.45, 2.75) is 19.3 Å². The predicted molar refractivity (Wildman–Crippen MR) is 167 cm³/mol. The molecule has 43 heavy (non-hydrogen) atoms. The summed E-state index contributed by atoms with van der Waals surface area (Å²) in [6.45, 7) is 6.70. The zero-order valence-corrected chi connectivity index (χ0v) is 24.3. The number of nitrogens with zero attached hydrogens (tertiary/aromatic N) is 7. The lowest BCUT2D eigenvalue weighted by Gasteiger charge is -2.36. The topological polar surface area (TPSA) is 114 Å². The second kappa shape index (κ2) is 12.0. The van der Waals surface area contributed by atoms with Gasteiger partial charge in [0.2, 0.25) is 11.8 Å². The predicted octanol–water partition coefficient (Wildman–Crippen LogP) is 3.23. The number of anilines is 3. The van der Waals surface area contributed by atoms with Gasteiger partial charge in [0, 0.05) is 80.5 Å². The second-order valence-electron chi connectivity index (χ2n) is 11.7. The van der Waals surface area contributed by atoms with E-state index in [1.807, 2.05) is 41.3 Å². The fourth-order valence-electron chi connectivity index (χ4n) is 6.46. The van der Waals surface area contributed by atoms with Gasteiger partial charge in [0.1, 0.15) is 0 Å². The molecule has 11 heteroatoms. The van der Waals surface area contributed by atoms with Gasteiger partial charge in [-0.05, 0) is 74.3 Å². The lowest BCUT2D eigenvalue weighted by molar-refractivity contribution is -0.132. The number of carbonyl (C=O) groups excluding carboxylic acids is 2. The first-order valence-electron chi connectivity index (χ1n) is 15.3. The molecule has 2 aromatic heterocycles. The van der Waals surface area contributed by atoms with Gasteiger partial charge in [0.05, 0.1) is 18.0 Å². The van der Waals surface area contributed by atoms with Gasteiger partial charge >= 0.3 is 0 Å². The van der Waals surface area contributed by atoms with Crippen molar-refractivity contribution < 1.29 is 9.59 Å². The third-order valence-electron chi connectivity index (χ3n) is 8.91. The molecule has 7 rings (SSSR count). The van der Waals surface area contributed by atoms with E-state index in [2.05, 4.69) is 52.3 Å². The summed E-state index contributed by atoms with van der Waals surface area (Å²) in [6, 6.07) is 16.0. The number of carbonyl (C=O) groups is 2. The van der Waals surface area contributed by atoms with E-state index in [-0.39, 0.29) is 17.7 Å². The summed E-state index contributed by atoms with van der Waals surface area (Å²) in [5.41, 5.74) is 3.89. The zero-order valence-electron chi connectivity index (χ0n) is 24.3. The van der Waals surface area contributed by atoms with Crippen LogP contribution < -0.4 is 15.1 Å². The molecule has 0 saturated carbocycles. The SMILES string of the molecule is O=C(Nc1ccc2[nH]nc(N3CCCC3)c2c1)[C@@H]1CCN(CC(=O)N2CCN(c3ccc(-c4ncccn4)cc3)CC2)C1. The third kappa shape index (κ3) is 5.90. The average molecular weight is 580 g/mol. The van der Waals surface area contributed by atoms with E-state index in [9.17, 15) is 9.59 Å². The highest BCUT2D eigenvalue weighted by molar-refractivity contribution is 5.98. The molecule has 3 aliphatic rings. The molecule has 2 amide bonds. The summed E-state index contributed by atoms with van der Waals surface area (Å²) in [5, 5.41) is 11.8. The molecular weight excluding hydrogens is 542 g/mol.